The van der Waals surface area contributed by atoms with Gasteiger partial charge in [0.2, 0.25) is 5.91 Å². The lowest BCUT2D eigenvalue weighted by molar-refractivity contribution is -0.124. The molecule has 0 fully saturated rings. The zero-order valence-corrected chi connectivity index (χ0v) is 21.7. The van der Waals surface area contributed by atoms with Crippen LogP contribution in [-0.2, 0) is 19.6 Å². The number of carbonyl (C=O) groups excluding carboxylic acids is 4. The fourth-order valence-electron chi connectivity index (χ4n) is 3.21. The van der Waals surface area contributed by atoms with E-state index in [-0.39, 0.29) is 34.6 Å². The van der Waals surface area contributed by atoms with Crippen molar-refractivity contribution in [1.29, 1.82) is 0 Å². The molecule has 6 N–H and O–H groups in total. The smallest absolute Gasteiger partial charge is 0.269 e. The highest BCUT2D eigenvalue weighted by molar-refractivity contribution is 7.92. The topological polar surface area (TPSA) is 177 Å². The van der Waals surface area contributed by atoms with E-state index in [2.05, 4.69) is 20.9 Å². The second-order valence-electron chi connectivity index (χ2n) is 8.12. The van der Waals surface area contributed by atoms with Gasteiger partial charge in [-0.3, -0.25) is 34.8 Å². The van der Waals surface area contributed by atoms with Crippen LogP contribution in [0.4, 0.5) is 10.1 Å². The third kappa shape index (κ3) is 8.51. The van der Waals surface area contributed by atoms with Gasteiger partial charge in [-0.15, -0.1) is 0 Å². The third-order valence-corrected chi connectivity index (χ3v) is 6.84. The minimum Gasteiger partial charge on any atom is -0.370 e. The molecule has 3 rings (SSSR count). The van der Waals surface area contributed by atoms with Gasteiger partial charge < -0.3 is 11.1 Å². The van der Waals surface area contributed by atoms with E-state index in [1.807, 2.05) is 0 Å². The van der Waals surface area contributed by atoms with Gasteiger partial charge in [0.25, 0.3) is 27.7 Å². The molecule has 3 aromatic carbocycles. The van der Waals surface area contributed by atoms with Gasteiger partial charge in [-0.25, -0.2) is 12.8 Å². The standard InChI is InChI=1S/C25H23ClFN5O6S/c26-17-6-10-19(11-7-17)32-39(37,38)20-3-1-2-16(14-20)24(35)30-31-25(36)21(12-13-22(28)33)29-23(34)15-4-8-18(27)9-5-15/h1-11,14,21,32H,12-13H2,(H2,28,33)(H,29,34)(H,30,35)(H,31,36). The molecule has 0 spiro atoms. The number of sulfonamides is 1. The number of primary amides is 1. The summed E-state index contributed by atoms with van der Waals surface area (Å²) in [6.45, 7) is 0. The van der Waals surface area contributed by atoms with Crippen LogP contribution >= 0.6 is 11.6 Å². The first-order valence-electron chi connectivity index (χ1n) is 11.3. The Morgan fingerprint density at radius 2 is 1.54 bits per heavy atom. The molecule has 4 amide bonds. The zero-order chi connectivity index (χ0) is 28.6. The van der Waals surface area contributed by atoms with Crippen molar-refractivity contribution in [3.05, 3.63) is 94.8 Å². The SMILES string of the molecule is NC(=O)CCC(NC(=O)c1ccc(F)cc1)C(=O)NNC(=O)c1cccc(S(=O)(=O)Nc2ccc(Cl)cc2)c1. The van der Waals surface area contributed by atoms with Crippen LogP contribution in [0.2, 0.25) is 5.02 Å². The van der Waals surface area contributed by atoms with Crippen molar-refractivity contribution < 1.29 is 32.0 Å². The van der Waals surface area contributed by atoms with E-state index in [9.17, 15) is 32.0 Å². The Kier molecular flexibility index (Phi) is 9.57. The maximum atomic E-state index is 13.1. The second kappa shape index (κ2) is 12.8. The van der Waals surface area contributed by atoms with Crippen molar-refractivity contribution in [3.8, 4) is 0 Å². The zero-order valence-electron chi connectivity index (χ0n) is 20.1. The van der Waals surface area contributed by atoms with Crippen LogP contribution in [0, 0.1) is 5.82 Å². The molecule has 1 atom stereocenters. The summed E-state index contributed by atoms with van der Waals surface area (Å²) >= 11 is 5.81. The van der Waals surface area contributed by atoms with Crippen molar-refractivity contribution in [2.75, 3.05) is 4.72 Å². The molecule has 0 aromatic heterocycles. The second-order valence-corrected chi connectivity index (χ2v) is 10.2. The summed E-state index contributed by atoms with van der Waals surface area (Å²) in [7, 11) is -4.06. The van der Waals surface area contributed by atoms with E-state index >= 15 is 0 Å². The third-order valence-electron chi connectivity index (χ3n) is 5.21. The molecule has 0 saturated carbocycles. The number of nitrogens with one attached hydrogen (secondary N) is 4. The number of anilines is 1. The van der Waals surface area contributed by atoms with Crippen LogP contribution in [0.5, 0.6) is 0 Å². The fraction of sp³-hybridized carbons (Fsp3) is 0.120. The molecule has 0 aliphatic heterocycles. The van der Waals surface area contributed by atoms with Gasteiger partial charge in [-0.05, 0) is 73.2 Å². The monoisotopic (exact) mass is 575 g/mol. The lowest BCUT2D eigenvalue weighted by Crippen LogP contribution is -2.52. The van der Waals surface area contributed by atoms with E-state index in [0.717, 1.165) is 18.2 Å². The summed E-state index contributed by atoms with van der Waals surface area (Å²) in [5, 5.41) is 2.82. The summed E-state index contributed by atoms with van der Waals surface area (Å²) in [5.74, 6) is -3.75. The number of rotatable bonds is 10. The van der Waals surface area contributed by atoms with Gasteiger partial charge in [0.15, 0.2) is 0 Å². The number of carbonyl (C=O) groups is 4. The van der Waals surface area contributed by atoms with Crippen molar-refractivity contribution in [3.63, 3.8) is 0 Å². The van der Waals surface area contributed by atoms with Gasteiger partial charge >= 0.3 is 0 Å². The van der Waals surface area contributed by atoms with Crippen LogP contribution < -0.4 is 26.6 Å². The van der Waals surface area contributed by atoms with Crippen molar-refractivity contribution >= 4 is 50.9 Å². The van der Waals surface area contributed by atoms with Crippen LogP contribution in [0.1, 0.15) is 33.6 Å². The minimum absolute atomic E-state index is 0.0579. The quantitative estimate of drug-likeness (QED) is 0.231. The minimum atomic E-state index is -4.06. The van der Waals surface area contributed by atoms with E-state index in [4.69, 9.17) is 17.3 Å². The largest absolute Gasteiger partial charge is 0.370 e. The van der Waals surface area contributed by atoms with Gasteiger partial charge in [-0.1, -0.05) is 17.7 Å². The van der Waals surface area contributed by atoms with Crippen LogP contribution in [0.3, 0.4) is 0 Å². The van der Waals surface area contributed by atoms with E-state index < -0.39 is 45.5 Å². The van der Waals surface area contributed by atoms with Crippen molar-refractivity contribution in [2.24, 2.45) is 5.73 Å². The average Bonchev–Trinajstić information content (AvgIpc) is 2.90. The number of hydrazine groups is 1. The summed E-state index contributed by atoms with van der Waals surface area (Å²) < 4.78 is 41.0. The van der Waals surface area contributed by atoms with Crippen LogP contribution in [0.15, 0.2) is 77.7 Å². The number of nitrogens with two attached hydrogens (primary N) is 1. The molecule has 0 radical (unpaired) electrons. The predicted molar refractivity (Wildman–Crippen MR) is 140 cm³/mol. The molecular weight excluding hydrogens is 553 g/mol. The maximum absolute atomic E-state index is 13.1. The van der Waals surface area contributed by atoms with Crippen LogP contribution in [-0.4, -0.2) is 38.1 Å². The average molecular weight is 576 g/mol. The van der Waals surface area contributed by atoms with Gasteiger partial charge in [-0.2, -0.15) is 0 Å². The molecule has 3 aromatic rings. The molecule has 0 saturated heterocycles. The number of hydrogen-bond acceptors (Lipinski definition) is 6. The van der Waals surface area contributed by atoms with Gasteiger partial charge in [0, 0.05) is 28.3 Å². The van der Waals surface area contributed by atoms with Gasteiger partial charge in [0.05, 0.1) is 4.90 Å². The molecule has 0 bridgehead atoms. The van der Waals surface area contributed by atoms with E-state index in [1.54, 1.807) is 0 Å². The van der Waals surface area contributed by atoms with Crippen molar-refractivity contribution in [1.82, 2.24) is 16.2 Å². The molecule has 14 heteroatoms. The van der Waals surface area contributed by atoms with Crippen LogP contribution in [0.25, 0.3) is 0 Å². The Balaban J connectivity index is 1.67. The Hall–Kier alpha value is -4.49. The molecule has 204 valence electrons. The molecule has 0 heterocycles. The first kappa shape index (κ1) is 29.1. The molecule has 1 unspecified atom stereocenters. The fourth-order valence-corrected chi connectivity index (χ4v) is 4.44. The maximum Gasteiger partial charge on any atom is 0.269 e. The normalized spacial score (nSPS) is 11.6. The Labute approximate surface area is 227 Å². The molecule has 0 aliphatic rings. The number of halogens is 2. The number of benzene rings is 3. The number of amides is 4. The number of hydrogen-bond donors (Lipinski definition) is 5. The summed E-state index contributed by atoms with van der Waals surface area (Å²) in [4.78, 5) is 48.8. The van der Waals surface area contributed by atoms with Crippen molar-refractivity contribution in [2.45, 2.75) is 23.8 Å². The van der Waals surface area contributed by atoms with Gasteiger partial charge in [0.1, 0.15) is 11.9 Å². The first-order chi connectivity index (χ1) is 18.4. The van der Waals surface area contributed by atoms with E-state index in [1.165, 1.54) is 54.6 Å². The summed E-state index contributed by atoms with van der Waals surface area (Å²) in [6.07, 6.45) is -0.440. The highest BCUT2D eigenvalue weighted by atomic mass is 35.5. The Morgan fingerprint density at radius 3 is 2.18 bits per heavy atom. The first-order valence-corrected chi connectivity index (χ1v) is 13.1. The molecule has 11 nitrogen and oxygen atoms in total. The lowest BCUT2D eigenvalue weighted by Gasteiger charge is -2.18. The molecule has 0 aliphatic carbocycles. The summed E-state index contributed by atoms with van der Waals surface area (Å²) in [6, 6.07) is 14.2. The highest BCUT2D eigenvalue weighted by Gasteiger charge is 2.23. The highest BCUT2D eigenvalue weighted by Crippen LogP contribution is 2.19. The molecular formula is C25H23ClFN5O6S. The Morgan fingerprint density at radius 1 is 0.872 bits per heavy atom. The van der Waals surface area contributed by atoms with E-state index in [0.29, 0.717) is 5.02 Å². The summed E-state index contributed by atoms with van der Waals surface area (Å²) in [5.41, 5.74) is 9.63. The lowest BCUT2D eigenvalue weighted by atomic mass is 10.1. The molecule has 39 heavy (non-hydrogen) atoms. The Bertz CT molecular complexity index is 1480. The predicted octanol–water partition coefficient (Wildman–Crippen LogP) is 2.10.